The van der Waals surface area contributed by atoms with Crippen LogP contribution >= 0.6 is 11.6 Å². The van der Waals surface area contributed by atoms with Crippen molar-refractivity contribution in [2.75, 3.05) is 0 Å². The second-order valence-corrected chi connectivity index (χ2v) is 8.30. The van der Waals surface area contributed by atoms with Gasteiger partial charge in [0, 0.05) is 16.1 Å². The molecule has 31 heavy (non-hydrogen) atoms. The Labute approximate surface area is 186 Å². The highest BCUT2D eigenvalue weighted by Crippen LogP contribution is 2.30. The Hall–Kier alpha value is -3.37. The highest BCUT2D eigenvalue weighted by molar-refractivity contribution is 6.30. The van der Waals surface area contributed by atoms with Crippen LogP contribution in [-0.4, -0.2) is 16.1 Å². The van der Waals surface area contributed by atoms with Gasteiger partial charge >= 0.3 is 0 Å². The molecule has 0 bridgehead atoms. The fourth-order valence-electron chi connectivity index (χ4n) is 4.18. The van der Waals surface area contributed by atoms with Crippen LogP contribution in [0, 0.1) is 0 Å². The van der Waals surface area contributed by atoms with E-state index in [0.717, 1.165) is 41.8 Å². The van der Waals surface area contributed by atoms with Gasteiger partial charge in [0.2, 0.25) is 0 Å². The van der Waals surface area contributed by atoms with Gasteiger partial charge in [-0.15, -0.1) is 0 Å². The molecule has 0 aliphatic heterocycles. The van der Waals surface area contributed by atoms with Crippen molar-refractivity contribution in [3.63, 3.8) is 0 Å². The molecular weight excluding hydrogens is 406 g/mol. The lowest BCUT2D eigenvalue weighted by atomic mass is 9.87. The molecule has 0 radical (unpaired) electrons. The number of aromatic amines is 1. The first-order chi connectivity index (χ1) is 15.2. The first-order valence-electron chi connectivity index (χ1n) is 10.5. The Balaban J connectivity index is 1.30. The first kappa shape index (κ1) is 19.6. The number of benzene rings is 3. The molecule has 1 atom stereocenters. The minimum Gasteiger partial charge on any atom is -0.345 e. The number of aromatic nitrogens is 2. The number of hydrogen-bond donors (Lipinski definition) is 2. The largest absolute Gasteiger partial charge is 0.345 e. The van der Waals surface area contributed by atoms with Crippen molar-refractivity contribution in [3.05, 3.63) is 101 Å². The van der Waals surface area contributed by atoms with Gasteiger partial charge in [-0.3, -0.25) is 9.89 Å². The summed E-state index contributed by atoms with van der Waals surface area (Å²) in [7, 11) is 0. The van der Waals surface area contributed by atoms with Crippen molar-refractivity contribution < 1.29 is 4.79 Å². The van der Waals surface area contributed by atoms with Gasteiger partial charge in [0.15, 0.2) is 0 Å². The van der Waals surface area contributed by atoms with Crippen molar-refractivity contribution in [3.8, 4) is 22.5 Å². The molecule has 0 fully saturated rings. The fraction of sp³-hybridized carbons (Fsp3) is 0.154. The molecule has 0 saturated heterocycles. The number of nitrogens with zero attached hydrogens (tertiary/aromatic N) is 1. The number of halogens is 1. The van der Waals surface area contributed by atoms with Crippen molar-refractivity contribution in [1.29, 1.82) is 0 Å². The molecule has 2 N–H and O–H groups in total. The van der Waals surface area contributed by atoms with Crippen LogP contribution < -0.4 is 5.32 Å². The minimum absolute atomic E-state index is 0.0443. The van der Waals surface area contributed by atoms with E-state index in [0.29, 0.717) is 10.6 Å². The molecule has 5 heteroatoms. The van der Waals surface area contributed by atoms with Crippen LogP contribution in [0.2, 0.25) is 5.02 Å². The van der Waals surface area contributed by atoms with Gasteiger partial charge in [-0.05, 0) is 66.3 Å². The molecule has 1 heterocycles. The van der Waals surface area contributed by atoms with E-state index in [1.165, 1.54) is 11.1 Å². The summed E-state index contributed by atoms with van der Waals surface area (Å²) in [6, 6.07) is 25.7. The Morgan fingerprint density at radius 2 is 1.71 bits per heavy atom. The number of carbonyl (C=O) groups is 1. The zero-order chi connectivity index (χ0) is 21.2. The summed E-state index contributed by atoms with van der Waals surface area (Å²) in [4.78, 5) is 12.8. The third-order valence-electron chi connectivity index (χ3n) is 5.85. The third kappa shape index (κ3) is 4.12. The molecule has 1 aliphatic rings. The molecule has 1 aliphatic carbocycles. The standard InChI is InChI=1S/C26H22ClN3O/c27-21-14-12-19(13-15-21)25-16-24(29-30-25)18-8-10-20(11-9-18)26(31)28-23-7-3-5-17-4-1-2-6-22(17)23/h1-2,4,6,8-16,23H,3,5,7H2,(H,28,31)(H,29,30)/t23-/m1/s1. The Morgan fingerprint density at radius 3 is 2.52 bits per heavy atom. The van der Waals surface area contributed by atoms with Crippen molar-refractivity contribution in [2.45, 2.75) is 25.3 Å². The summed E-state index contributed by atoms with van der Waals surface area (Å²) >= 11 is 5.97. The normalized spacial score (nSPS) is 15.3. The van der Waals surface area contributed by atoms with E-state index in [2.05, 4.69) is 33.7 Å². The molecule has 0 spiro atoms. The predicted octanol–water partition coefficient (Wildman–Crippen LogP) is 6.20. The van der Waals surface area contributed by atoms with E-state index in [1.807, 2.05) is 60.7 Å². The number of rotatable bonds is 4. The molecule has 5 rings (SSSR count). The quantitative estimate of drug-likeness (QED) is 0.407. The van der Waals surface area contributed by atoms with Gasteiger partial charge in [-0.25, -0.2) is 0 Å². The molecule has 0 saturated carbocycles. The van der Waals surface area contributed by atoms with Gasteiger partial charge in [-0.1, -0.05) is 60.1 Å². The lowest BCUT2D eigenvalue weighted by Gasteiger charge is -2.26. The Bertz CT molecular complexity index is 1210. The second kappa shape index (κ2) is 8.40. The highest BCUT2D eigenvalue weighted by atomic mass is 35.5. The smallest absolute Gasteiger partial charge is 0.251 e. The van der Waals surface area contributed by atoms with Crippen LogP contribution in [0.4, 0.5) is 0 Å². The zero-order valence-corrected chi connectivity index (χ0v) is 17.7. The van der Waals surface area contributed by atoms with Crippen LogP contribution in [0.15, 0.2) is 78.9 Å². The zero-order valence-electron chi connectivity index (χ0n) is 16.9. The fourth-order valence-corrected chi connectivity index (χ4v) is 4.31. The number of hydrogen-bond acceptors (Lipinski definition) is 2. The average Bonchev–Trinajstić information content (AvgIpc) is 3.30. The molecule has 3 aromatic carbocycles. The van der Waals surface area contributed by atoms with Gasteiger partial charge in [0.25, 0.3) is 5.91 Å². The van der Waals surface area contributed by atoms with Crippen LogP contribution in [0.3, 0.4) is 0 Å². The van der Waals surface area contributed by atoms with Crippen molar-refractivity contribution in [2.24, 2.45) is 0 Å². The molecule has 154 valence electrons. The predicted molar refractivity (Wildman–Crippen MR) is 124 cm³/mol. The number of aryl methyl sites for hydroxylation is 1. The van der Waals surface area contributed by atoms with Crippen LogP contribution in [-0.2, 0) is 6.42 Å². The topological polar surface area (TPSA) is 57.8 Å². The van der Waals surface area contributed by atoms with Crippen LogP contribution in [0.1, 0.15) is 40.4 Å². The lowest BCUT2D eigenvalue weighted by molar-refractivity contribution is 0.0933. The van der Waals surface area contributed by atoms with Crippen LogP contribution in [0.25, 0.3) is 22.5 Å². The maximum absolute atomic E-state index is 12.8. The molecule has 0 unspecified atom stereocenters. The van der Waals surface area contributed by atoms with E-state index in [1.54, 1.807) is 0 Å². The maximum atomic E-state index is 12.8. The Kier molecular flexibility index (Phi) is 5.31. The number of amides is 1. The molecule has 1 amide bonds. The van der Waals surface area contributed by atoms with Crippen molar-refractivity contribution in [1.82, 2.24) is 15.5 Å². The second-order valence-electron chi connectivity index (χ2n) is 7.87. The maximum Gasteiger partial charge on any atom is 0.251 e. The molecule has 1 aromatic heterocycles. The summed E-state index contributed by atoms with van der Waals surface area (Å²) in [5.74, 6) is -0.0443. The summed E-state index contributed by atoms with van der Waals surface area (Å²) in [6.07, 6.45) is 3.15. The molecule has 4 aromatic rings. The Morgan fingerprint density at radius 1 is 0.968 bits per heavy atom. The van der Waals surface area contributed by atoms with Gasteiger partial charge in [0.1, 0.15) is 0 Å². The summed E-state index contributed by atoms with van der Waals surface area (Å²) in [6.45, 7) is 0. The molecule has 4 nitrogen and oxygen atoms in total. The van der Waals surface area contributed by atoms with E-state index < -0.39 is 0 Å². The van der Waals surface area contributed by atoms with Gasteiger partial charge < -0.3 is 5.32 Å². The van der Waals surface area contributed by atoms with E-state index in [-0.39, 0.29) is 11.9 Å². The van der Waals surface area contributed by atoms with Crippen molar-refractivity contribution >= 4 is 17.5 Å². The number of nitrogens with one attached hydrogen (secondary N) is 2. The van der Waals surface area contributed by atoms with E-state index in [4.69, 9.17) is 11.6 Å². The third-order valence-corrected chi connectivity index (χ3v) is 6.10. The van der Waals surface area contributed by atoms with Gasteiger partial charge in [-0.2, -0.15) is 5.10 Å². The number of fused-ring (bicyclic) bond motifs is 1. The monoisotopic (exact) mass is 427 g/mol. The summed E-state index contributed by atoms with van der Waals surface area (Å²) in [5.41, 5.74) is 6.96. The SMILES string of the molecule is O=C(N[C@@H]1CCCc2ccccc21)c1ccc(-c2cc(-c3ccc(Cl)cc3)[nH]n2)cc1. The summed E-state index contributed by atoms with van der Waals surface area (Å²) in [5, 5.41) is 11.4. The van der Waals surface area contributed by atoms with E-state index in [9.17, 15) is 4.79 Å². The lowest BCUT2D eigenvalue weighted by Crippen LogP contribution is -2.30. The van der Waals surface area contributed by atoms with Crippen LogP contribution in [0.5, 0.6) is 0 Å². The first-order valence-corrected chi connectivity index (χ1v) is 10.9. The highest BCUT2D eigenvalue weighted by Gasteiger charge is 2.21. The van der Waals surface area contributed by atoms with E-state index >= 15 is 0 Å². The number of carbonyl (C=O) groups excluding carboxylic acids is 1. The summed E-state index contributed by atoms with van der Waals surface area (Å²) < 4.78 is 0. The van der Waals surface area contributed by atoms with Gasteiger partial charge in [0.05, 0.1) is 17.4 Å². The number of H-pyrrole nitrogens is 1. The average molecular weight is 428 g/mol. The molecular formula is C26H22ClN3O. The minimum atomic E-state index is -0.0443.